The minimum Gasteiger partial charge on any atom is -0.465 e. The van der Waals surface area contributed by atoms with Crippen LogP contribution in [0.4, 0.5) is 0 Å². The fourth-order valence-electron chi connectivity index (χ4n) is 3.96. The number of benzene rings is 3. The number of hydrogen-bond donors (Lipinski definition) is 0. The van der Waals surface area contributed by atoms with Crippen LogP contribution in [0.2, 0.25) is 0 Å². The van der Waals surface area contributed by atoms with Gasteiger partial charge in [0.1, 0.15) is 0 Å². The number of para-hydroxylation sites is 1. The zero-order chi connectivity index (χ0) is 18.7. The van der Waals surface area contributed by atoms with Crippen LogP contribution >= 0.6 is 0 Å². The summed E-state index contributed by atoms with van der Waals surface area (Å²) in [6, 6.07) is 19.2. The number of methoxy groups -OCH3 is 1. The molecule has 5 heteroatoms. The summed E-state index contributed by atoms with van der Waals surface area (Å²) in [7, 11) is 1.37. The molecule has 0 aliphatic rings. The standard InChI is InChI=1S/C22H16N2O3/c1-13-20(22(26)27-2)17-11-14-7-3-4-8-15(14)12-19(17)24-21(25)16-9-5-6-10-18(16)23(13)24/h3-12H,1-2H3. The van der Waals surface area contributed by atoms with Crippen molar-refractivity contribution in [2.24, 2.45) is 0 Å². The number of rotatable bonds is 1. The van der Waals surface area contributed by atoms with Gasteiger partial charge in [-0.05, 0) is 42.0 Å². The van der Waals surface area contributed by atoms with E-state index in [1.165, 1.54) is 7.11 Å². The highest BCUT2D eigenvalue weighted by Crippen LogP contribution is 2.29. The van der Waals surface area contributed by atoms with Crippen molar-refractivity contribution in [1.82, 2.24) is 9.03 Å². The van der Waals surface area contributed by atoms with Crippen LogP contribution in [-0.4, -0.2) is 22.1 Å². The smallest absolute Gasteiger partial charge is 0.340 e. The van der Waals surface area contributed by atoms with E-state index in [0.717, 1.165) is 16.3 Å². The van der Waals surface area contributed by atoms with Gasteiger partial charge in [-0.1, -0.05) is 36.4 Å². The first-order valence-corrected chi connectivity index (χ1v) is 8.67. The molecule has 0 aliphatic heterocycles. The van der Waals surface area contributed by atoms with Crippen LogP contribution in [0.1, 0.15) is 16.1 Å². The second-order valence-corrected chi connectivity index (χ2v) is 6.61. The van der Waals surface area contributed by atoms with Crippen molar-refractivity contribution >= 4 is 38.5 Å². The molecule has 5 nitrogen and oxygen atoms in total. The van der Waals surface area contributed by atoms with Gasteiger partial charge in [0.25, 0.3) is 5.56 Å². The molecular weight excluding hydrogens is 340 g/mol. The zero-order valence-electron chi connectivity index (χ0n) is 14.9. The first kappa shape index (κ1) is 15.6. The highest BCUT2D eigenvalue weighted by Gasteiger charge is 2.22. The number of carbonyl (C=O) groups is 1. The Morgan fingerprint density at radius 3 is 2.26 bits per heavy atom. The lowest BCUT2D eigenvalue weighted by Crippen LogP contribution is -2.18. The molecule has 0 saturated carbocycles. The average molecular weight is 356 g/mol. The minimum atomic E-state index is -0.416. The third kappa shape index (κ3) is 1.99. The maximum absolute atomic E-state index is 13.2. The van der Waals surface area contributed by atoms with Crippen LogP contribution in [0, 0.1) is 6.92 Å². The van der Waals surface area contributed by atoms with Crippen LogP contribution < -0.4 is 5.56 Å². The fraction of sp³-hybridized carbons (Fsp3) is 0.0909. The number of nitrogens with zero attached hydrogens (tertiary/aromatic N) is 2. The predicted molar refractivity (Wildman–Crippen MR) is 106 cm³/mol. The Morgan fingerprint density at radius 1 is 0.852 bits per heavy atom. The van der Waals surface area contributed by atoms with Gasteiger partial charge in [0, 0.05) is 5.39 Å². The molecule has 2 heterocycles. The van der Waals surface area contributed by atoms with Crippen molar-refractivity contribution in [3.05, 3.63) is 82.3 Å². The highest BCUT2D eigenvalue weighted by molar-refractivity contribution is 6.09. The van der Waals surface area contributed by atoms with Gasteiger partial charge in [0.15, 0.2) is 0 Å². The lowest BCUT2D eigenvalue weighted by Gasteiger charge is -2.15. The summed E-state index contributed by atoms with van der Waals surface area (Å²) < 4.78 is 8.52. The second-order valence-electron chi connectivity index (χ2n) is 6.61. The maximum Gasteiger partial charge on any atom is 0.340 e. The Labute approximate surface area is 154 Å². The van der Waals surface area contributed by atoms with Crippen molar-refractivity contribution in [3.8, 4) is 0 Å². The van der Waals surface area contributed by atoms with Gasteiger partial charge in [0.2, 0.25) is 0 Å². The molecule has 0 bridgehead atoms. The van der Waals surface area contributed by atoms with Crippen molar-refractivity contribution < 1.29 is 9.53 Å². The average Bonchev–Trinajstić information content (AvgIpc) is 3.00. The van der Waals surface area contributed by atoms with Crippen LogP contribution in [0.3, 0.4) is 0 Å². The second kappa shape index (κ2) is 5.45. The van der Waals surface area contributed by atoms with Crippen molar-refractivity contribution in [2.45, 2.75) is 6.92 Å². The minimum absolute atomic E-state index is 0.106. The third-order valence-electron chi connectivity index (χ3n) is 5.19. The molecule has 27 heavy (non-hydrogen) atoms. The first-order valence-electron chi connectivity index (χ1n) is 8.67. The molecule has 5 aromatic rings. The van der Waals surface area contributed by atoms with E-state index in [-0.39, 0.29) is 5.56 Å². The summed E-state index contributed by atoms with van der Waals surface area (Å²) in [4.78, 5) is 25.8. The van der Waals surface area contributed by atoms with E-state index in [1.54, 1.807) is 9.03 Å². The Bertz CT molecular complexity index is 1460. The molecule has 0 aliphatic carbocycles. The lowest BCUT2D eigenvalue weighted by molar-refractivity contribution is 0.0601. The topological polar surface area (TPSA) is 52.2 Å². The summed E-state index contributed by atoms with van der Waals surface area (Å²) in [6.45, 7) is 1.84. The van der Waals surface area contributed by atoms with Crippen LogP contribution in [0.15, 0.2) is 65.5 Å². The van der Waals surface area contributed by atoms with E-state index < -0.39 is 5.97 Å². The number of ether oxygens (including phenoxy) is 1. The third-order valence-corrected chi connectivity index (χ3v) is 5.19. The quantitative estimate of drug-likeness (QED) is 0.337. The van der Waals surface area contributed by atoms with Crippen molar-refractivity contribution in [3.63, 3.8) is 0 Å². The maximum atomic E-state index is 13.2. The van der Waals surface area contributed by atoms with Gasteiger partial charge in [0.05, 0.1) is 34.8 Å². The van der Waals surface area contributed by atoms with Gasteiger partial charge in [-0.3, -0.25) is 4.79 Å². The molecule has 0 spiro atoms. The molecule has 0 atom stereocenters. The Balaban J connectivity index is 2.17. The summed E-state index contributed by atoms with van der Waals surface area (Å²) >= 11 is 0. The molecule has 0 amide bonds. The van der Waals surface area contributed by atoms with E-state index in [9.17, 15) is 9.59 Å². The number of esters is 1. The van der Waals surface area contributed by atoms with Gasteiger partial charge >= 0.3 is 5.97 Å². The summed E-state index contributed by atoms with van der Waals surface area (Å²) in [5.41, 5.74) is 2.48. The Hall–Kier alpha value is -3.60. The fourth-order valence-corrected chi connectivity index (χ4v) is 3.96. The van der Waals surface area contributed by atoms with E-state index in [0.29, 0.717) is 27.5 Å². The van der Waals surface area contributed by atoms with E-state index >= 15 is 0 Å². The first-order chi connectivity index (χ1) is 13.1. The van der Waals surface area contributed by atoms with Gasteiger partial charge in [-0.25, -0.2) is 13.8 Å². The predicted octanol–water partition coefficient (Wildman–Crippen LogP) is 3.95. The molecule has 0 radical (unpaired) electrons. The molecule has 3 aromatic carbocycles. The molecule has 2 aromatic heterocycles. The largest absolute Gasteiger partial charge is 0.465 e. The van der Waals surface area contributed by atoms with Crippen LogP contribution in [-0.2, 0) is 4.74 Å². The summed E-state index contributed by atoms with van der Waals surface area (Å²) in [6.07, 6.45) is 0. The Kier molecular flexibility index (Phi) is 3.15. The van der Waals surface area contributed by atoms with Crippen LogP contribution in [0.5, 0.6) is 0 Å². The summed E-state index contributed by atoms with van der Waals surface area (Å²) in [5.74, 6) is -0.416. The molecule has 0 saturated heterocycles. The highest BCUT2D eigenvalue weighted by atomic mass is 16.5. The zero-order valence-corrected chi connectivity index (χ0v) is 14.9. The van der Waals surface area contributed by atoms with E-state index in [4.69, 9.17) is 4.74 Å². The number of hydrogen-bond acceptors (Lipinski definition) is 3. The van der Waals surface area contributed by atoms with E-state index in [2.05, 4.69) is 0 Å². The van der Waals surface area contributed by atoms with Gasteiger partial charge in [-0.15, -0.1) is 0 Å². The molecule has 5 rings (SSSR count). The number of fused-ring (bicyclic) bond motifs is 6. The van der Waals surface area contributed by atoms with Gasteiger partial charge in [-0.2, -0.15) is 0 Å². The monoisotopic (exact) mass is 356 g/mol. The van der Waals surface area contributed by atoms with Crippen LogP contribution in [0.25, 0.3) is 32.6 Å². The van der Waals surface area contributed by atoms with Crippen molar-refractivity contribution in [1.29, 1.82) is 0 Å². The SMILES string of the molecule is COC(=O)c1c(C)n2c3ccccc3c(=O)n2c2cc3ccccc3cc12. The van der Waals surface area contributed by atoms with Crippen molar-refractivity contribution in [2.75, 3.05) is 7.11 Å². The summed E-state index contributed by atoms with van der Waals surface area (Å²) in [5, 5.41) is 3.32. The molecule has 0 N–H and O–H groups in total. The van der Waals surface area contributed by atoms with Gasteiger partial charge < -0.3 is 4.74 Å². The molecule has 0 fully saturated rings. The number of carbonyl (C=O) groups excluding carboxylic acids is 1. The van der Waals surface area contributed by atoms with E-state index in [1.807, 2.05) is 67.6 Å². The lowest BCUT2D eigenvalue weighted by atomic mass is 10.0. The normalized spacial score (nSPS) is 11.6. The number of aromatic nitrogens is 2. The Morgan fingerprint density at radius 2 is 1.52 bits per heavy atom. The number of aryl methyl sites for hydroxylation is 1. The molecule has 132 valence electrons. The molecule has 0 unspecified atom stereocenters. The molecular formula is C22H16N2O3.